The number of hydrogen-bond donors (Lipinski definition) is 3. The van der Waals surface area contributed by atoms with Crippen LogP contribution in [0.3, 0.4) is 0 Å². The maximum atomic E-state index is 13.2. The lowest BCUT2D eigenvalue weighted by molar-refractivity contribution is -0.151. The predicted molar refractivity (Wildman–Crippen MR) is 245 cm³/mol. The van der Waals surface area contributed by atoms with Crippen LogP contribution in [0.2, 0.25) is 0 Å². The van der Waals surface area contributed by atoms with Crippen LogP contribution in [-0.4, -0.2) is 46.9 Å². The molecular weight excluding hydrogens is 707 g/mol. The van der Waals surface area contributed by atoms with Crippen molar-refractivity contribution in [3.8, 4) is 0 Å². The molecule has 0 aromatic carbocycles. The van der Waals surface area contributed by atoms with Gasteiger partial charge in [0.1, 0.15) is 6.10 Å². The second-order valence-electron chi connectivity index (χ2n) is 16.3. The van der Waals surface area contributed by atoms with E-state index in [1.165, 1.54) is 122 Å². The summed E-state index contributed by atoms with van der Waals surface area (Å²) < 4.78 is 5.87. The van der Waals surface area contributed by atoms with E-state index in [1.807, 2.05) is 54.7 Å². The fourth-order valence-electron chi connectivity index (χ4n) is 7.11. The molecule has 6 nitrogen and oxygen atoms in total. The van der Waals surface area contributed by atoms with Crippen LogP contribution in [0.1, 0.15) is 226 Å². The SMILES string of the molecule is CC/C=C/C=C/C=C\C=C/C=C/CCCC(=O)OC(CCCCCCCCCCCCCC)CC(=O)NC(CO)C(O)CCCCCCCCCCCCCCC. The first-order valence-corrected chi connectivity index (χ1v) is 24.1. The van der Waals surface area contributed by atoms with E-state index < -0.39 is 18.2 Å². The van der Waals surface area contributed by atoms with E-state index in [9.17, 15) is 19.8 Å². The lowest BCUT2D eigenvalue weighted by Crippen LogP contribution is -2.46. The largest absolute Gasteiger partial charge is 0.462 e. The van der Waals surface area contributed by atoms with Crippen molar-refractivity contribution in [2.45, 2.75) is 244 Å². The van der Waals surface area contributed by atoms with Crippen LogP contribution in [0.25, 0.3) is 0 Å². The van der Waals surface area contributed by atoms with Gasteiger partial charge in [-0.3, -0.25) is 9.59 Å². The minimum absolute atomic E-state index is 0.0496. The van der Waals surface area contributed by atoms with Gasteiger partial charge in [0.25, 0.3) is 0 Å². The number of aliphatic hydroxyl groups is 2. The van der Waals surface area contributed by atoms with Gasteiger partial charge in [0, 0.05) is 6.42 Å². The van der Waals surface area contributed by atoms with Crippen LogP contribution in [0.15, 0.2) is 60.8 Å². The lowest BCUT2D eigenvalue weighted by atomic mass is 10.0. The Labute approximate surface area is 352 Å². The van der Waals surface area contributed by atoms with Crippen LogP contribution < -0.4 is 5.32 Å². The molecule has 1 amide bonds. The zero-order valence-electron chi connectivity index (χ0n) is 37.5. The number of hydrogen-bond acceptors (Lipinski definition) is 5. The summed E-state index contributed by atoms with van der Waals surface area (Å²) in [6, 6.07) is -0.714. The smallest absolute Gasteiger partial charge is 0.306 e. The van der Waals surface area contributed by atoms with Crippen LogP contribution in [0.5, 0.6) is 0 Å². The molecule has 0 aliphatic carbocycles. The van der Waals surface area contributed by atoms with Crippen molar-refractivity contribution in [1.29, 1.82) is 0 Å². The standard InChI is InChI=1S/C51H91NO5/c1-4-7-10-13-16-19-22-25-28-31-34-37-40-43-49(54)48(46-53)52-50(55)45-47(42-39-36-33-30-27-24-21-18-15-12-9-6-3)57-51(56)44-41-38-35-32-29-26-23-20-17-14-11-8-5-2/h8,11,14,17,20,23,26,29,32,35,47-49,53-54H,4-7,9-10,12-13,15-16,18-19,21-22,24-25,27-28,30-31,33-34,36-46H2,1-3H3,(H,52,55)/b11-8+,17-14+,23-20-,29-26-,35-32+. The lowest BCUT2D eigenvalue weighted by Gasteiger charge is -2.24. The normalized spacial score (nSPS) is 13.8. The molecule has 0 aromatic heterocycles. The molecule has 330 valence electrons. The first kappa shape index (κ1) is 54.6. The summed E-state index contributed by atoms with van der Waals surface area (Å²) in [6.07, 6.45) is 54.2. The minimum Gasteiger partial charge on any atom is -0.462 e. The summed E-state index contributed by atoms with van der Waals surface area (Å²) >= 11 is 0. The average Bonchev–Trinajstić information content (AvgIpc) is 3.20. The van der Waals surface area contributed by atoms with E-state index in [1.54, 1.807) is 0 Å². The molecule has 0 rings (SSSR count). The van der Waals surface area contributed by atoms with Crippen LogP contribution >= 0.6 is 0 Å². The van der Waals surface area contributed by atoms with E-state index in [-0.39, 0.29) is 24.9 Å². The Balaban J connectivity index is 4.67. The average molecular weight is 798 g/mol. The molecule has 0 radical (unpaired) electrons. The minimum atomic E-state index is -0.798. The Morgan fingerprint density at radius 3 is 1.37 bits per heavy atom. The molecule has 0 heterocycles. The first-order valence-electron chi connectivity index (χ1n) is 24.1. The highest BCUT2D eigenvalue weighted by molar-refractivity contribution is 5.77. The molecule has 6 heteroatoms. The molecule has 0 aliphatic rings. The molecule has 0 aromatic rings. The quantitative estimate of drug-likeness (QED) is 0.0325. The fraction of sp³-hybridized carbons (Fsp3) is 0.765. The molecule has 0 spiro atoms. The van der Waals surface area contributed by atoms with E-state index in [0.717, 1.165) is 51.4 Å². The van der Waals surface area contributed by atoms with Gasteiger partial charge in [-0.05, 0) is 38.5 Å². The molecule has 57 heavy (non-hydrogen) atoms. The van der Waals surface area contributed by atoms with Crippen molar-refractivity contribution in [3.05, 3.63) is 60.8 Å². The number of ether oxygens (including phenoxy) is 1. The monoisotopic (exact) mass is 798 g/mol. The van der Waals surface area contributed by atoms with Crippen molar-refractivity contribution in [3.63, 3.8) is 0 Å². The number of unbranched alkanes of at least 4 members (excludes halogenated alkanes) is 24. The second-order valence-corrected chi connectivity index (χ2v) is 16.3. The molecule has 0 saturated carbocycles. The molecular formula is C51H91NO5. The topological polar surface area (TPSA) is 95.9 Å². The number of nitrogens with one attached hydrogen (secondary N) is 1. The third-order valence-electron chi connectivity index (χ3n) is 10.7. The highest BCUT2D eigenvalue weighted by Gasteiger charge is 2.24. The van der Waals surface area contributed by atoms with Crippen molar-refractivity contribution in [2.24, 2.45) is 0 Å². The van der Waals surface area contributed by atoms with E-state index >= 15 is 0 Å². The Hall–Kier alpha value is -2.44. The van der Waals surface area contributed by atoms with Crippen molar-refractivity contribution >= 4 is 11.9 Å². The van der Waals surface area contributed by atoms with Gasteiger partial charge in [-0.1, -0.05) is 236 Å². The molecule has 0 bridgehead atoms. The van der Waals surface area contributed by atoms with E-state index in [4.69, 9.17) is 4.74 Å². The highest BCUT2D eigenvalue weighted by atomic mass is 16.5. The maximum absolute atomic E-state index is 13.2. The summed E-state index contributed by atoms with van der Waals surface area (Å²) in [5, 5.41) is 23.7. The van der Waals surface area contributed by atoms with Crippen molar-refractivity contribution in [1.82, 2.24) is 5.32 Å². The van der Waals surface area contributed by atoms with Gasteiger partial charge in [0.05, 0.1) is 25.2 Å². The zero-order valence-corrected chi connectivity index (χ0v) is 37.5. The van der Waals surface area contributed by atoms with Gasteiger partial charge in [0.2, 0.25) is 5.91 Å². The van der Waals surface area contributed by atoms with Crippen LogP contribution in [0.4, 0.5) is 0 Å². The number of rotatable bonds is 42. The number of amides is 1. The molecule has 0 fully saturated rings. The van der Waals surface area contributed by atoms with Gasteiger partial charge in [-0.2, -0.15) is 0 Å². The molecule has 0 saturated heterocycles. The van der Waals surface area contributed by atoms with Gasteiger partial charge in [-0.15, -0.1) is 0 Å². The maximum Gasteiger partial charge on any atom is 0.306 e. The van der Waals surface area contributed by atoms with Crippen LogP contribution in [-0.2, 0) is 14.3 Å². The Bertz CT molecular complexity index is 1030. The van der Waals surface area contributed by atoms with Gasteiger partial charge >= 0.3 is 5.97 Å². The molecule has 3 unspecified atom stereocenters. The van der Waals surface area contributed by atoms with Crippen molar-refractivity contribution < 1.29 is 24.5 Å². The van der Waals surface area contributed by atoms with Gasteiger partial charge in [0.15, 0.2) is 0 Å². The second kappa shape index (κ2) is 44.7. The van der Waals surface area contributed by atoms with Gasteiger partial charge in [-0.25, -0.2) is 0 Å². The highest BCUT2D eigenvalue weighted by Crippen LogP contribution is 2.18. The fourth-order valence-corrected chi connectivity index (χ4v) is 7.11. The first-order chi connectivity index (χ1) is 28.0. The Morgan fingerprint density at radius 1 is 0.526 bits per heavy atom. The zero-order chi connectivity index (χ0) is 41.7. The number of allylic oxidation sites excluding steroid dienone is 10. The summed E-state index contributed by atoms with van der Waals surface area (Å²) in [7, 11) is 0. The Morgan fingerprint density at radius 2 is 0.930 bits per heavy atom. The third kappa shape index (κ3) is 40.1. The van der Waals surface area contributed by atoms with Gasteiger partial charge < -0.3 is 20.3 Å². The molecule has 0 aliphatic heterocycles. The molecule has 3 N–H and O–H groups in total. The number of aliphatic hydroxyl groups excluding tert-OH is 2. The number of carbonyl (C=O) groups is 2. The number of carbonyl (C=O) groups excluding carboxylic acids is 2. The van der Waals surface area contributed by atoms with E-state index in [2.05, 4.69) is 32.2 Å². The van der Waals surface area contributed by atoms with E-state index in [0.29, 0.717) is 25.7 Å². The summed E-state index contributed by atoms with van der Waals surface area (Å²) in [4.78, 5) is 26.0. The predicted octanol–water partition coefficient (Wildman–Crippen LogP) is 14.1. The van der Waals surface area contributed by atoms with Crippen molar-refractivity contribution in [2.75, 3.05) is 6.61 Å². The summed E-state index contributed by atoms with van der Waals surface area (Å²) in [6.45, 7) is 6.31. The Kier molecular flexibility index (Phi) is 42.7. The molecule has 3 atom stereocenters. The summed E-state index contributed by atoms with van der Waals surface area (Å²) in [5.41, 5.74) is 0. The van der Waals surface area contributed by atoms with Crippen LogP contribution in [0, 0.1) is 0 Å². The third-order valence-corrected chi connectivity index (χ3v) is 10.7. The number of esters is 1. The summed E-state index contributed by atoms with van der Waals surface area (Å²) in [5.74, 6) is -0.560.